The molecule has 1 fully saturated rings. The molecule has 0 aliphatic carbocycles. The lowest BCUT2D eigenvalue weighted by Crippen LogP contribution is -2.38. The van der Waals surface area contributed by atoms with Gasteiger partial charge in [-0.3, -0.25) is 4.79 Å². The number of hydrogen-bond acceptors (Lipinski definition) is 2. The molecule has 0 unspecified atom stereocenters. The fraction of sp³-hybridized carbons (Fsp3) is 0.750. The highest BCUT2D eigenvalue weighted by molar-refractivity contribution is 5.73. The zero-order chi connectivity index (χ0) is 8.27. The van der Waals surface area contributed by atoms with Gasteiger partial charge < -0.3 is 9.69 Å². The van der Waals surface area contributed by atoms with Gasteiger partial charge in [0.05, 0.1) is 0 Å². The summed E-state index contributed by atoms with van der Waals surface area (Å²) in [7, 11) is 0. The van der Waals surface area contributed by atoms with E-state index in [1.165, 1.54) is 0 Å². The van der Waals surface area contributed by atoms with Crippen molar-refractivity contribution in [2.24, 2.45) is 5.92 Å². The Morgan fingerprint density at radius 2 is 2.36 bits per heavy atom. The van der Waals surface area contributed by atoms with Gasteiger partial charge in [0, 0.05) is 25.9 Å². The number of aldehydes is 1. The molecule has 0 radical (unpaired) electrons. The van der Waals surface area contributed by atoms with Crippen LogP contribution in [0.2, 0.25) is 0 Å². The molecule has 0 saturated carbocycles. The molecule has 0 spiro atoms. The first kappa shape index (κ1) is 8.24. The first-order chi connectivity index (χ1) is 5.24. The summed E-state index contributed by atoms with van der Waals surface area (Å²) >= 11 is 0. The Labute approximate surface area is 66.4 Å². The molecule has 1 aliphatic heterocycles. The average molecular weight is 155 g/mol. The maximum absolute atomic E-state index is 10.9. The standard InChI is InChI=1S/C8H13NO2/c1-7(11)9-4-2-3-8(5-9)6-10/h6,8H,2-5H2,1H3/t8-/m0/s1. The molecule has 1 aliphatic rings. The van der Waals surface area contributed by atoms with E-state index >= 15 is 0 Å². The van der Waals surface area contributed by atoms with Gasteiger partial charge in [-0.05, 0) is 12.8 Å². The van der Waals surface area contributed by atoms with Crippen LogP contribution in [0.25, 0.3) is 0 Å². The molecular formula is C8H13NO2. The first-order valence-corrected chi connectivity index (χ1v) is 3.95. The van der Waals surface area contributed by atoms with Crippen molar-refractivity contribution in [3.8, 4) is 0 Å². The summed E-state index contributed by atoms with van der Waals surface area (Å²) < 4.78 is 0. The molecule has 0 N–H and O–H groups in total. The topological polar surface area (TPSA) is 37.4 Å². The highest BCUT2D eigenvalue weighted by atomic mass is 16.2. The van der Waals surface area contributed by atoms with E-state index in [1.807, 2.05) is 0 Å². The monoisotopic (exact) mass is 155 g/mol. The summed E-state index contributed by atoms with van der Waals surface area (Å²) in [5.74, 6) is 0.157. The molecule has 1 atom stereocenters. The van der Waals surface area contributed by atoms with Crippen LogP contribution in [0.3, 0.4) is 0 Å². The van der Waals surface area contributed by atoms with Crippen molar-refractivity contribution >= 4 is 12.2 Å². The summed E-state index contributed by atoms with van der Waals surface area (Å²) in [5, 5.41) is 0. The van der Waals surface area contributed by atoms with Gasteiger partial charge in [0.1, 0.15) is 6.29 Å². The Kier molecular flexibility index (Phi) is 2.63. The van der Waals surface area contributed by atoms with Crippen molar-refractivity contribution in [1.29, 1.82) is 0 Å². The molecule has 1 heterocycles. The summed E-state index contributed by atoms with van der Waals surface area (Å²) in [6.07, 6.45) is 2.85. The SMILES string of the molecule is CC(=O)N1CCC[C@H](C=O)C1. The molecule has 3 heteroatoms. The smallest absolute Gasteiger partial charge is 0.219 e. The molecule has 0 aromatic rings. The van der Waals surface area contributed by atoms with Crippen LogP contribution in [-0.4, -0.2) is 30.2 Å². The summed E-state index contributed by atoms with van der Waals surface area (Å²) in [5.41, 5.74) is 0. The molecule has 1 saturated heterocycles. The summed E-state index contributed by atoms with van der Waals surface area (Å²) in [6, 6.07) is 0. The number of piperidine rings is 1. The van der Waals surface area contributed by atoms with Crippen LogP contribution < -0.4 is 0 Å². The van der Waals surface area contributed by atoms with Crippen molar-refractivity contribution in [1.82, 2.24) is 4.90 Å². The Bertz CT molecular complexity index is 167. The van der Waals surface area contributed by atoms with Crippen molar-refractivity contribution in [2.75, 3.05) is 13.1 Å². The number of hydrogen-bond donors (Lipinski definition) is 0. The minimum atomic E-state index is 0.0765. The van der Waals surface area contributed by atoms with E-state index in [1.54, 1.807) is 11.8 Å². The molecule has 3 nitrogen and oxygen atoms in total. The lowest BCUT2D eigenvalue weighted by Gasteiger charge is -2.28. The number of rotatable bonds is 1. The average Bonchev–Trinajstić information content (AvgIpc) is 2.05. The third kappa shape index (κ3) is 2.03. The van der Waals surface area contributed by atoms with E-state index in [4.69, 9.17) is 0 Å². The number of carbonyl (C=O) groups excluding carboxylic acids is 2. The third-order valence-electron chi connectivity index (χ3n) is 2.10. The molecular weight excluding hydrogens is 142 g/mol. The Hall–Kier alpha value is -0.860. The Morgan fingerprint density at radius 3 is 2.91 bits per heavy atom. The van der Waals surface area contributed by atoms with Gasteiger partial charge in [-0.1, -0.05) is 0 Å². The fourth-order valence-electron chi connectivity index (χ4n) is 1.41. The molecule has 11 heavy (non-hydrogen) atoms. The number of amides is 1. The van der Waals surface area contributed by atoms with E-state index in [2.05, 4.69) is 0 Å². The summed E-state index contributed by atoms with van der Waals surface area (Å²) in [4.78, 5) is 23.0. The molecule has 0 aromatic heterocycles. The second-order valence-electron chi connectivity index (χ2n) is 3.00. The predicted molar refractivity (Wildman–Crippen MR) is 41.0 cm³/mol. The van der Waals surface area contributed by atoms with Crippen LogP contribution in [0.5, 0.6) is 0 Å². The van der Waals surface area contributed by atoms with Gasteiger partial charge in [0.15, 0.2) is 0 Å². The lowest BCUT2D eigenvalue weighted by atomic mass is 10.00. The molecule has 1 amide bonds. The van der Waals surface area contributed by atoms with E-state index in [0.29, 0.717) is 6.54 Å². The van der Waals surface area contributed by atoms with Crippen LogP contribution in [0, 0.1) is 5.92 Å². The normalized spacial score (nSPS) is 24.8. The van der Waals surface area contributed by atoms with Gasteiger partial charge in [0.25, 0.3) is 0 Å². The largest absolute Gasteiger partial charge is 0.342 e. The number of likely N-dealkylation sites (tertiary alicyclic amines) is 1. The zero-order valence-electron chi connectivity index (χ0n) is 6.75. The van der Waals surface area contributed by atoms with Gasteiger partial charge in [-0.2, -0.15) is 0 Å². The van der Waals surface area contributed by atoms with Gasteiger partial charge in [-0.25, -0.2) is 0 Å². The molecule has 0 aromatic carbocycles. The second-order valence-corrected chi connectivity index (χ2v) is 3.00. The third-order valence-corrected chi connectivity index (χ3v) is 2.10. The van der Waals surface area contributed by atoms with Gasteiger partial charge >= 0.3 is 0 Å². The molecule has 1 rings (SSSR count). The molecule has 0 bridgehead atoms. The van der Waals surface area contributed by atoms with E-state index < -0.39 is 0 Å². The van der Waals surface area contributed by atoms with E-state index in [-0.39, 0.29) is 11.8 Å². The minimum Gasteiger partial charge on any atom is -0.342 e. The van der Waals surface area contributed by atoms with Crippen LogP contribution in [0.4, 0.5) is 0 Å². The van der Waals surface area contributed by atoms with Crippen molar-refractivity contribution in [3.63, 3.8) is 0 Å². The van der Waals surface area contributed by atoms with Crippen LogP contribution >= 0.6 is 0 Å². The second kappa shape index (κ2) is 3.51. The quantitative estimate of drug-likeness (QED) is 0.515. The maximum atomic E-state index is 10.9. The Morgan fingerprint density at radius 1 is 1.64 bits per heavy atom. The van der Waals surface area contributed by atoms with E-state index in [0.717, 1.165) is 25.7 Å². The van der Waals surface area contributed by atoms with Crippen LogP contribution in [-0.2, 0) is 9.59 Å². The minimum absolute atomic E-state index is 0.0765. The highest BCUT2D eigenvalue weighted by Crippen LogP contribution is 2.13. The predicted octanol–water partition coefficient (Wildman–Crippen LogP) is 0.444. The van der Waals surface area contributed by atoms with Gasteiger partial charge in [-0.15, -0.1) is 0 Å². The Balaban J connectivity index is 2.45. The van der Waals surface area contributed by atoms with Gasteiger partial charge in [0.2, 0.25) is 5.91 Å². The summed E-state index contributed by atoms with van der Waals surface area (Å²) in [6.45, 7) is 2.99. The number of carbonyl (C=O) groups is 2. The highest BCUT2D eigenvalue weighted by Gasteiger charge is 2.20. The van der Waals surface area contributed by atoms with Crippen molar-refractivity contribution in [2.45, 2.75) is 19.8 Å². The maximum Gasteiger partial charge on any atom is 0.219 e. The zero-order valence-corrected chi connectivity index (χ0v) is 6.75. The van der Waals surface area contributed by atoms with Crippen LogP contribution in [0.1, 0.15) is 19.8 Å². The van der Waals surface area contributed by atoms with Crippen molar-refractivity contribution in [3.05, 3.63) is 0 Å². The first-order valence-electron chi connectivity index (χ1n) is 3.95. The molecule has 62 valence electrons. The van der Waals surface area contributed by atoms with E-state index in [9.17, 15) is 9.59 Å². The van der Waals surface area contributed by atoms with Crippen LogP contribution in [0.15, 0.2) is 0 Å². The number of nitrogens with zero attached hydrogens (tertiary/aromatic N) is 1. The van der Waals surface area contributed by atoms with Crippen molar-refractivity contribution < 1.29 is 9.59 Å². The fourth-order valence-corrected chi connectivity index (χ4v) is 1.41. The lowest BCUT2D eigenvalue weighted by molar-refractivity contribution is -0.131.